The van der Waals surface area contributed by atoms with Crippen molar-refractivity contribution in [2.75, 3.05) is 0 Å². The number of unbranched alkanes of at least 4 members (excludes halogenated alkanes) is 4. The molecule has 0 nitrogen and oxygen atoms in total. The van der Waals surface area contributed by atoms with E-state index in [4.69, 9.17) is 0 Å². The second-order valence-electron chi connectivity index (χ2n) is 8.89. The number of rotatable bonds is 11. The summed E-state index contributed by atoms with van der Waals surface area (Å²) < 4.78 is 2.42. The van der Waals surface area contributed by atoms with Crippen LogP contribution < -0.4 is 0 Å². The van der Waals surface area contributed by atoms with Gasteiger partial charge in [0.25, 0.3) is 0 Å². The Morgan fingerprint density at radius 1 is 0.759 bits per heavy atom. The average Bonchev–Trinajstić information content (AvgIpc) is 2.97. The molecular formula is C27H36Br2. The molecule has 0 radical (unpaired) electrons. The highest BCUT2D eigenvalue weighted by Crippen LogP contribution is 2.56. The van der Waals surface area contributed by atoms with E-state index < -0.39 is 0 Å². The Labute approximate surface area is 195 Å². The van der Waals surface area contributed by atoms with Crippen molar-refractivity contribution in [2.24, 2.45) is 5.92 Å². The molecule has 0 saturated heterocycles. The Morgan fingerprint density at radius 3 is 1.86 bits per heavy atom. The first kappa shape index (κ1) is 23.1. The lowest BCUT2D eigenvalue weighted by molar-refractivity contribution is 0.311. The minimum atomic E-state index is 0.153. The van der Waals surface area contributed by atoms with Crippen LogP contribution in [0.5, 0.6) is 0 Å². The third kappa shape index (κ3) is 5.01. The van der Waals surface area contributed by atoms with Gasteiger partial charge in [0, 0.05) is 14.4 Å². The Hall–Kier alpha value is -0.600. The van der Waals surface area contributed by atoms with Crippen molar-refractivity contribution in [2.45, 2.75) is 90.4 Å². The lowest BCUT2D eigenvalue weighted by Gasteiger charge is -2.36. The van der Waals surface area contributed by atoms with Crippen molar-refractivity contribution in [3.8, 4) is 11.1 Å². The molecule has 1 atom stereocenters. The zero-order chi connectivity index (χ0) is 20.9. The van der Waals surface area contributed by atoms with Gasteiger partial charge < -0.3 is 0 Å². The van der Waals surface area contributed by atoms with Crippen molar-refractivity contribution >= 4 is 31.9 Å². The molecule has 1 unspecified atom stereocenters. The molecule has 2 heteroatoms. The number of halogens is 2. The molecule has 0 aliphatic heterocycles. The maximum Gasteiger partial charge on any atom is 0.0218 e. The molecule has 0 N–H and O–H groups in total. The summed E-state index contributed by atoms with van der Waals surface area (Å²) in [5.74, 6) is 0.790. The quantitative estimate of drug-likeness (QED) is 0.259. The molecule has 0 aromatic heterocycles. The van der Waals surface area contributed by atoms with Crippen molar-refractivity contribution in [3.05, 3.63) is 56.5 Å². The highest BCUT2D eigenvalue weighted by Gasteiger charge is 2.43. The van der Waals surface area contributed by atoms with Crippen LogP contribution in [-0.2, 0) is 5.41 Å². The highest BCUT2D eigenvalue weighted by atomic mass is 79.9. The van der Waals surface area contributed by atoms with Crippen molar-refractivity contribution in [1.29, 1.82) is 0 Å². The van der Waals surface area contributed by atoms with E-state index in [-0.39, 0.29) is 5.41 Å². The molecule has 0 bridgehead atoms. The molecule has 0 spiro atoms. The summed E-state index contributed by atoms with van der Waals surface area (Å²) in [5, 5.41) is 0. The van der Waals surface area contributed by atoms with Crippen LogP contribution in [0.15, 0.2) is 45.3 Å². The largest absolute Gasteiger partial charge is 0.0654 e. The van der Waals surface area contributed by atoms with Gasteiger partial charge in [-0.2, -0.15) is 0 Å². The van der Waals surface area contributed by atoms with Crippen LogP contribution >= 0.6 is 31.9 Å². The zero-order valence-electron chi connectivity index (χ0n) is 18.4. The predicted molar refractivity (Wildman–Crippen MR) is 135 cm³/mol. The molecule has 0 fully saturated rings. The normalized spacial score (nSPS) is 15.2. The van der Waals surface area contributed by atoms with Gasteiger partial charge in [-0.05, 0) is 65.3 Å². The standard InChI is InChI=1S/C27H36Br2/c1-4-7-9-10-16-27(19-20(6-3)11-8-5-2)25-17-21(28)12-14-23(25)24-15-13-22(29)18-26(24)27/h12-15,17-18,20H,4-11,16,19H2,1-3H3. The topological polar surface area (TPSA) is 0 Å². The van der Waals surface area contributed by atoms with Crippen LogP contribution in [0.3, 0.4) is 0 Å². The summed E-state index contributed by atoms with van der Waals surface area (Å²) in [7, 11) is 0. The number of benzene rings is 2. The van der Waals surface area contributed by atoms with Crippen LogP contribution in [-0.4, -0.2) is 0 Å². The number of hydrogen-bond acceptors (Lipinski definition) is 0. The van der Waals surface area contributed by atoms with Crippen molar-refractivity contribution < 1.29 is 0 Å². The van der Waals surface area contributed by atoms with Crippen LogP contribution in [0.2, 0.25) is 0 Å². The second kappa shape index (κ2) is 10.6. The van der Waals surface area contributed by atoms with Crippen LogP contribution in [0.1, 0.15) is 96.1 Å². The molecule has 29 heavy (non-hydrogen) atoms. The third-order valence-electron chi connectivity index (χ3n) is 6.92. The van der Waals surface area contributed by atoms with Crippen LogP contribution in [0.4, 0.5) is 0 Å². The number of fused-ring (bicyclic) bond motifs is 3. The van der Waals surface area contributed by atoms with Gasteiger partial charge in [0.05, 0.1) is 0 Å². The van der Waals surface area contributed by atoms with E-state index in [1.165, 1.54) is 84.3 Å². The molecular weight excluding hydrogens is 484 g/mol. The van der Waals surface area contributed by atoms with E-state index in [0.29, 0.717) is 0 Å². The minimum absolute atomic E-state index is 0.153. The summed E-state index contributed by atoms with van der Waals surface area (Å²) in [6.07, 6.45) is 13.1. The van der Waals surface area contributed by atoms with Gasteiger partial charge >= 0.3 is 0 Å². The SMILES string of the molecule is CCCCCCC1(CC(CC)CCCC)c2cc(Br)ccc2-c2ccc(Br)cc21. The Bertz CT molecular complexity index is 757. The molecule has 1 aliphatic carbocycles. The highest BCUT2D eigenvalue weighted by molar-refractivity contribution is 9.10. The fraction of sp³-hybridized carbons (Fsp3) is 0.556. The van der Waals surface area contributed by atoms with E-state index in [0.717, 1.165) is 5.92 Å². The smallest absolute Gasteiger partial charge is 0.0218 e. The van der Waals surface area contributed by atoms with Gasteiger partial charge in [-0.3, -0.25) is 0 Å². The van der Waals surface area contributed by atoms with E-state index >= 15 is 0 Å². The second-order valence-corrected chi connectivity index (χ2v) is 10.7. The molecule has 1 aliphatic rings. The third-order valence-corrected chi connectivity index (χ3v) is 7.91. The average molecular weight is 520 g/mol. The lowest BCUT2D eigenvalue weighted by atomic mass is 9.67. The summed E-state index contributed by atoms with van der Waals surface area (Å²) in [6.45, 7) is 7.02. The van der Waals surface area contributed by atoms with E-state index in [1.54, 1.807) is 11.1 Å². The van der Waals surface area contributed by atoms with Gasteiger partial charge in [0.15, 0.2) is 0 Å². The maximum absolute atomic E-state index is 3.78. The summed E-state index contributed by atoms with van der Waals surface area (Å²) in [4.78, 5) is 0. The van der Waals surface area contributed by atoms with Gasteiger partial charge in [0.1, 0.15) is 0 Å². The minimum Gasteiger partial charge on any atom is -0.0654 e. The van der Waals surface area contributed by atoms with Gasteiger partial charge in [-0.1, -0.05) is 116 Å². The molecule has 158 valence electrons. The molecule has 0 heterocycles. The summed E-state index contributed by atoms with van der Waals surface area (Å²) in [6, 6.07) is 14.0. The maximum atomic E-state index is 3.78. The molecule has 0 amide bonds. The lowest BCUT2D eigenvalue weighted by Crippen LogP contribution is -2.29. The van der Waals surface area contributed by atoms with Gasteiger partial charge in [-0.25, -0.2) is 0 Å². The number of hydrogen-bond donors (Lipinski definition) is 0. The molecule has 2 aromatic carbocycles. The Balaban J connectivity index is 2.09. The van der Waals surface area contributed by atoms with Crippen LogP contribution in [0.25, 0.3) is 11.1 Å². The fourth-order valence-electron chi connectivity index (χ4n) is 5.32. The summed E-state index contributed by atoms with van der Waals surface area (Å²) in [5.41, 5.74) is 6.19. The fourth-order valence-corrected chi connectivity index (χ4v) is 6.04. The van der Waals surface area contributed by atoms with Crippen LogP contribution in [0, 0.1) is 5.92 Å². The first-order chi connectivity index (χ1) is 14.1. The Morgan fingerprint density at radius 2 is 1.34 bits per heavy atom. The molecule has 2 aromatic rings. The Kier molecular flexibility index (Phi) is 8.45. The first-order valence-electron chi connectivity index (χ1n) is 11.7. The zero-order valence-corrected chi connectivity index (χ0v) is 21.5. The summed E-state index contributed by atoms with van der Waals surface area (Å²) >= 11 is 7.57. The van der Waals surface area contributed by atoms with E-state index in [1.807, 2.05) is 0 Å². The molecule has 3 rings (SSSR count). The van der Waals surface area contributed by atoms with E-state index in [2.05, 4.69) is 89.0 Å². The predicted octanol–water partition coefficient (Wildman–Crippen LogP) is 10.1. The molecule has 0 saturated carbocycles. The van der Waals surface area contributed by atoms with Gasteiger partial charge in [-0.15, -0.1) is 0 Å². The van der Waals surface area contributed by atoms with Crippen molar-refractivity contribution in [1.82, 2.24) is 0 Å². The first-order valence-corrected chi connectivity index (χ1v) is 13.2. The van der Waals surface area contributed by atoms with Crippen molar-refractivity contribution in [3.63, 3.8) is 0 Å². The van der Waals surface area contributed by atoms with Gasteiger partial charge in [0.2, 0.25) is 0 Å². The van der Waals surface area contributed by atoms with E-state index in [9.17, 15) is 0 Å². The monoisotopic (exact) mass is 518 g/mol.